The minimum absolute atomic E-state index is 0.0255. The lowest BCUT2D eigenvalue weighted by Crippen LogP contribution is -2.49. The molecule has 0 saturated carbocycles. The van der Waals surface area contributed by atoms with E-state index in [0.29, 0.717) is 0 Å². The molecule has 0 aromatic heterocycles. The maximum Gasteiger partial charge on any atom is 0.338 e. The summed E-state index contributed by atoms with van der Waals surface area (Å²) in [7, 11) is 0. The van der Waals surface area contributed by atoms with Crippen molar-refractivity contribution in [3.63, 3.8) is 0 Å². The van der Waals surface area contributed by atoms with E-state index in [1.807, 2.05) is 0 Å². The van der Waals surface area contributed by atoms with Gasteiger partial charge < -0.3 is 19.7 Å². The maximum atomic E-state index is 12.7. The van der Waals surface area contributed by atoms with Gasteiger partial charge in [-0.1, -0.05) is 12.1 Å². The van der Waals surface area contributed by atoms with Crippen LogP contribution >= 0.6 is 0 Å². The maximum absolute atomic E-state index is 12.7. The third-order valence-electron chi connectivity index (χ3n) is 4.63. The van der Waals surface area contributed by atoms with Crippen LogP contribution in [0.1, 0.15) is 38.7 Å². The SMILES string of the molecule is CCOC(=O)C1=C(O)C[C@](C)(O)[C@@H](C(=O)OCC)[C@H]1c1cccc([N+](=O)[O-])c1. The van der Waals surface area contributed by atoms with Crippen molar-refractivity contribution in [2.45, 2.75) is 38.7 Å². The predicted octanol–water partition coefficient (Wildman–Crippen LogP) is 2.39. The van der Waals surface area contributed by atoms with Gasteiger partial charge in [-0.25, -0.2) is 4.79 Å². The van der Waals surface area contributed by atoms with Gasteiger partial charge in [0, 0.05) is 24.5 Å². The summed E-state index contributed by atoms with van der Waals surface area (Å²) in [6, 6.07) is 5.35. The summed E-state index contributed by atoms with van der Waals surface area (Å²) < 4.78 is 10.1. The Morgan fingerprint density at radius 2 is 1.93 bits per heavy atom. The Morgan fingerprint density at radius 3 is 2.50 bits per heavy atom. The lowest BCUT2D eigenvalue weighted by molar-refractivity contribution is -0.384. The van der Waals surface area contributed by atoms with Crippen molar-refractivity contribution in [2.75, 3.05) is 13.2 Å². The van der Waals surface area contributed by atoms with Crippen LogP contribution in [0.3, 0.4) is 0 Å². The van der Waals surface area contributed by atoms with Crippen LogP contribution in [-0.2, 0) is 19.1 Å². The number of carbonyl (C=O) groups is 2. The van der Waals surface area contributed by atoms with E-state index in [2.05, 4.69) is 0 Å². The van der Waals surface area contributed by atoms with Gasteiger partial charge in [0.1, 0.15) is 5.76 Å². The number of nitro groups is 1. The number of aliphatic hydroxyl groups is 2. The fraction of sp³-hybridized carbons (Fsp3) is 0.474. The molecular weight excluding hydrogens is 370 g/mol. The molecule has 1 aliphatic rings. The number of ether oxygens (including phenoxy) is 2. The summed E-state index contributed by atoms with van der Waals surface area (Å²) in [4.78, 5) is 35.8. The van der Waals surface area contributed by atoms with E-state index in [1.54, 1.807) is 13.8 Å². The van der Waals surface area contributed by atoms with Crippen molar-refractivity contribution in [1.82, 2.24) is 0 Å². The van der Waals surface area contributed by atoms with Crippen molar-refractivity contribution >= 4 is 17.6 Å². The Bertz CT molecular complexity index is 814. The number of aliphatic hydroxyl groups excluding tert-OH is 1. The Labute approximate surface area is 161 Å². The molecule has 1 aliphatic carbocycles. The molecule has 0 saturated heterocycles. The highest BCUT2D eigenvalue weighted by atomic mass is 16.6. The number of rotatable bonds is 6. The molecule has 0 radical (unpaired) electrons. The third kappa shape index (κ3) is 4.14. The van der Waals surface area contributed by atoms with Crippen molar-refractivity contribution in [3.05, 3.63) is 51.3 Å². The number of non-ortho nitro benzene ring substituents is 1. The van der Waals surface area contributed by atoms with Crippen molar-refractivity contribution in [3.8, 4) is 0 Å². The average molecular weight is 393 g/mol. The zero-order valence-electron chi connectivity index (χ0n) is 15.9. The summed E-state index contributed by atoms with van der Waals surface area (Å²) in [5.74, 6) is -4.52. The van der Waals surface area contributed by atoms with Crippen molar-refractivity contribution in [2.24, 2.45) is 5.92 Å². The summed E-state index contributed by atoms with van der Waals surface area (Å²) >= 11 is 0. The first kappa shape index (κ1) is 21.4. The van der Waals surface area contributed by atoms with Gasteiger partial charge in [-0.15, -0.1) is 0 Å². The van der Waals surface area contributed by atoms with Gasteiger partial charge >= 0.3 is 11.9 Å². The molecule has 0 amide bonds. The number of nitro benzene ring substituents is 1. The van der Waals surface area contributed by atoms with Crippen LogP contribution in [0.4, 0.5) is 5.69 Å². The highest BCUT2D eigenvalue weighted by Crippen LogP contribution is 2.47. The van der Waals surface area contributed by atoms with E-state index >= 15 is 0 Å². The number of benzene rings is 1. The number of hydrogen-bond donors (Lipinski definition) is 2. The fourth-order valence-electron chi connectivity index (χ4n) is 3.52. The quantitative estimate of drug-likeness (QED) is 0.427. The summed E-state index contributed by atoms with van der Waals surface area (Å²) in [6.07, 6.45) is -0.365. The van der Waals surface area contributed by atoms with Gasteiger partial charge in [-0.05, 0) is 26.3 Å². The molecule has 0 heterocycles. The minimum atomic E-state index is -1.75. The van der Waals surface area contributed by atoms with Crippen LogP contribution < -0.4 is 0 Å². The molecule has 0 unspecified atom stereocenters. The second-order valence-electron chi connectivity index (χ2n) is 6.67. The first-order chi connectivity index (χ1) is 13.1. The predicted molar refractivity (Wildman–Crippen MR) is 97.5 cm³/mol. The van der Waals surface area contributed by atoms with Gasteiger partial charge in [0.15, 0.2) is 0 Å². The molecule has 1 aromatic rings. The Hall–Kier alpha value is -2.94. The molecule has 0 fully saturated rings. The lowest BCUT2D eigenvalue weighted by atomic mass is 9.66. The van der Waals surface area contributed by atoms with Crippen LogP contribution in [0.25, 0.3) is 0 Å². The van der Waals surface area contributed by atoms with Crippen LogP contribution in [0.5, 0.6) is 0 Å². The summed E-state index contributed by atoms with van der Waals surface area (Å²) in [5, 5.41) is 32.5. The van der Waals surface area contributed by atoms with Crippen LogP contribution in [0.2, 0.25) is 0 Å². The summed E-state index contributed by atoms with van der Waals surface area (Å²) in [5.41, 5.74) is -2.01. The zero-order chi connectivity index (χ0) is 21.1. The molecule has 2 rings (SSSR count). The molecule has 3 atom stereocenters. The van der Waals surface area contributed by atoms with Gasteiger partial charge in [-0.3, -0.25) is 14.9 Å². The van der Waals surface area contributed by atoms with E-state index in [1.165, 1.54) is 31.2 Å². The van der Waals surface area contributed by atoms with Crippen molar-refractivity contribution < 1.29 is 34.2 Å². The molecular formula is C19H23NO8. The number of nitrogens with zero attached hydrogens (tertiary/aromatic N) is 1. The van der Waals surface area contributed by atoms with E-state index < -0.39 is 40.1 Å². The highest BCUT2D eigenvalue weighted by molar-refractivity contribution is 5.93. The third-order valence-corrected chi connectivity index (χ3v) is 4.63. The first-order valence-electron chi connectivity index (χ1n) is 8.86. The minimum Gasteiger partial charge on any atom is -0.512 e. The number of carbonyl (C=O) groups excluding carboxylic acids is 2. The van der Waals surface area contributed by atoms with Crippen molar-refractivity contribution in [1.29, 1.82) is 0 Å². The molecule has 1 aromatic carbocycles. The molecule has 28 heavy (non-hydrogen) atoms. The molecule has 9 heteroatoms. The molecule has 0 aliphatic heterocycles. The molecule has 2 N–H and O–H groups in total. The van der Waals surface area contributed by atoms with E-state index in [9.17, 15) is 29.9 Å². The normalized spacial score (nSPS) is 24.6. The van der Waals surface area contributed by atoms with Gasteiger partial charge in [-0.2, -0.15) is 0 Å². The van der Waals surface area contributed by atoms with Crippen LogP contribution in [-0.4, -0.2) is 45.9 Å². The van der Waals surface area contributed by atoms with Crippen LogP contribution in [0, 0.1) is 16.0 Å². The highest BCUT2D eigenvalue weighted by Gasteiger charge is 2.52. The lowest BCUT2D eigenvalue weighted by Gasteiger charge is -2.41. The van der Waals surface area contributed by atoms with E-state index in [0.717, 1.165) is 0 Å². The van der Waals surface area contributed by atoms with Gasteiger partial charge in [0.05, 0.1) is 35.2 Å². The van der Waals surface area contributed by atoms with E-state index in [-0.39, 0.29) is 36.5 Å². The zero-order valence-corrected chi connectivity index (χ0v) is 15.9. The number of hydrogen-bond acceptors (Lipinski definition) is 8. The molecule has 9 nitrogen and oxygen atoms in total. The molecule has 0 spiro atoms. The van der Waals surface area contributed by atoms with Gasteiger partial charge in [0.2, 0.25) is 0 Å². The summed E-state index contributed by atoms with van der Waals surface area (Å²) in [6.45, 7) is 4.59. The van der Waals surface area contributed by atoms with Crippen LogP contribution in [0.15, 0.2) is 35.6 Å². The monoisotopic (exact) mass is 393 g/mol. The second-order valence-corrected chi connectivity index (χ2v) is 6.67. The Kier molecular flexibility index (Phi) is 6.40. The Balaban J connectivity index is 2.72. The smallest absolute Gasteiger partial charge is 0.338 e. The van der Waals surface area contributed by atoms with Gasteiger partial charge in [0.25, 0.3) is 5.69 Å². The topological polar surface area (TPSA) is 136 Å². The average Bonchev–Trinajstić information content (AvgIpc) is 2.60. The standard InChI is InChI=1S/C19H23NO8/c1-4-27-17(22)15-13(21)10-19(3,24)16(18(23)28-5-2)14(15)11-7-6-8-12(9-11)20(25)26/h6-9,14,16,21,24H,4-5,10H2,1-3H3/t14-,16+,19-/m0/s1. The molecule has 0 bridgehead atoms. The largest absolute Gasteiger partial charge is 0.512 e. The first-order valence-corrected chi connectivity index (χ1v) is 8.86. The van der Waals surface area contributed by atoms with E-state index in [4.69, 9.17) is 9.47 Å². The second kappa shape index (κ2) is 8.39. The Morgan fingerprint density at radius 1 is 1.29 bits per heavy atom. The number of esters is 2. The molecule has 152 valence electrons. The fourth-order valence-corrected chi connectivity index (χ4v) is 3.52.